The summed E-state index contributed by atoms with van der Waals surface area (Å²) in [6.07, 6.45) is -0.334. The number of carbonyl (C=O) groups is 7. The minimum atomic E-state index is -1.64. The topological polar surface area (TPSA) is 374 Å². The van der Waals surface area contributed by atoms with E-state index in [1.807, 2.05) is 5.32 Å². The van der Waals surface area contributed by atoms with Crippen molar-refractivity contribution in [1.82, 2.24) is 31.9 Å². The molecule has 17 N–H and O–H groups in total. The maximum atomic E-state index is 13.0. The fraction of sp³-hybridized carbons (Fsp3) is 0.636. The monoisotopic (exact) mass is 620 g/mol. The van der Waals surface area contributed by atoms with Gasteiger partial charge in [0.15, 0.2) is 5.96 Å². The van der Waals surface area contributed by atoms with Gasteiger partial charge in [-0.15, -0.1) is 0 Å². The summed E-state index contributed by atoms with van der Waals surface area (Å²) in [7, 11) is 0. The minimum absolute atomic E-state index is 0.0913. The molecule has 0 bridgehead atoms. The van der Waals surface area contributed by atoms with Crippen LogP contribution in [0.5, 0.6) is 0 Å². The molecule has 0 aromatic rings. The number of carbonyl (C=O) groups excluding carboxylic acids is 6. The van der Waals surface area contributed by atoms with Gasteiger partial charge in [-0.1, -0.05) is 0 Å². The van der Waals surface area contributed by atoms with E-state index < -0.39 is 98.0 Å². The highest BCUT2D eigenvalue weighted by atomic mass is 16.4. The molecule has 0 radical (unpaired) electrons. The molecule has 21 heteroatoms. The van der Waals surface area contributed by atoms with Crippen molar-refractivity contribution in [3.05, 3.63) is 0 Å². The van der Waals surface area contributed by atoms with Gasteiger partial charge in [0.25, 0.3) is 0 Å². The molecule has 0 aliphatic carbocycles. The molecule has 21 nitrogen and oxygen atoms in total. The molecule has 5 atom stereocenters. The number of primary amides is 1. The Balaban J connectivity index is 5.43. The maximum absolute atomic E-state index is 13.0. The van der Waals surface area contributed by atoms with Crippen molar-refractivity contribution < 1.29 is 54.0 Å². The van der Waals surface area contributed by atoms with Gasteiger partial charge in [0.05, 0.1) is 32.4 Å². The molecular weight excluding hydrogens is 580 g/mol. The van der Waals surface area contributed by atoms with Crippen molar-refractivity contribution in [1.29, 1.82) is 5.41 Å². The van der Waals surface area contributed by atoms with Crippen molar-refractivity contribution in [3.63, 3.8) is 0 Å². The van der Waals surface area contributed by atoms with E-state index in [4.69, 9.17) is 32.8 Å². The van der Waals surface area contributed by atoms with Gasteiger partial charge in [-0.2, -0.15) is 0 Å². The predicted molar refractivity (Wildman–Crippen MR) is 145 cm³/mol. The molecule has 0 aliphatic rings. The van der Waals surface area contributed by atoms with Gasteiger partial charge >= 0.3 is 5.97 Å². The molecule has 0 aliphatic heterocycles. The van der Waals surface area contributed by atoms with Crippen LogP contribution in [0.25, 0.3) is 0 Å². The highest BCUT2D eigenvalue weighted by Crippen LogP contribution is 2.01. The molecule has 0 rings (SSSR count). The Hall–Kier alpha value is -4.60. The number of carboxylic acids is 1. The van der Waals surface area contributed by atoms with Gasteiger partial charge in [-0.05, 0) is 19.3 Å². The first-order valence-corrected chi connectivity index (χ1v) is 12.8. The standard InChI is InChI=1S/C22H40N10O11/c23-10(3-4-15(24)36)17(38)31-13(8-34)20(41)30-11(2-1-5-27-22(25)26)19(40)32-12(7-33)18(39)28-6-16(37)29-14(9-35)21(42)43/h10-14,33-35H,1-9,23H2,(H2,24,36)(H,28,39)(H,29,37)(H,30,41)(H,31,38)(H,32,40)(H,42,43)(H4,25,26,27)/t10-,11-,12-,13-,14-/m0/s1. The van der Waals surface area contributed by atoms with E-state index in [1.165, 1.54) is 0 Å². The zero-order valence-electron chi connectivity index (χ0n) is 23.1. The van der Waals surface area contributed by atoms with Crippen LogP contribution in [0.4, 0.5) is 0 Å². The number of carboxylic acid groups (broad SMARTS) is 1. The van der Waals surface area contributed by atoms with Gasteiger partial charge in [0.1, 0.15) is 24.2 Å². The normalized spacial score (nSPS) is 14.0. The Morgan fingerprint density at radius 1 is 0.674 bits per heavy atom. The number of hydrogen-bond acceptors (Lipinski definition) is 12. The second kappa shape index (κ2) is 20.3. The van der Waals surface area contributed by atoms with Gasteiger partial charge in [-0.25, -0.2) is 4.79 Å². The molecule has 6 amide bonds. The number of amides is 6. The smallest absolute Gasteiger partial charge is 0.328 e. The maximum Gasteiger partial charge on any atom is 0.328 e. The van der Waals surface area contributed by atoms with Crippen molar-refractivity contribution in [2.45, 2.75) is 55.9 Å². The van der Waals surface area contributed by atoms with Crippen molar-refractivity contribution >= 4 is 47.4 Å². The zero-order valence-corrected chi connectivity index (χ0v) is 23.1. The van der Waals surface area contributed by atoms with Gasteiger partial charge < -0.3 is 69.5 Å². The van der Waals surface area contributed by atoms with Crippen LogP contribution in [0.2, 0.25) is 0 Å². The Kier molecular flexibility index (Phi) is 18.1. The molecule has 0 aromatic carbocycles. The van der Waals surface area contributed by atoms with Gasteiger partial charge in [-0.3, -0.25) is 34.2 Å². The summed E-state index contributed by atoms with van der Waals surface area (Å²) in [5.74, 6) is -7.57. The second-order valence-corrected chi connectivity index (χ2v) is 9.00. The number of aliphatic carboxylic acids is 1. The van der Waals surface area contributed by atoms with E-state index in [0.717, 1.165) is 0 Å². The minimum Gasteiger partial charge on any atom is -0.480 e. The van der Waals surface area contributed by atoms with Crippen molar-refractivity contribution in [2.24, 2.45) is 17.2 Å². The molecule has 0 heterocycles. The van der Waals surface area contributed by atoms with Gasteiger partial charge in [0, 0.05) is 13.0 Å². The number of hydrogen-bond donors (Lipinski definition) is 14. The highest BCUT2D eigenvalue weighted by Gasteiger charge is 2.30. The first-order chi connectivity index (χ1) is 20.2. The van der Waals surface area contributed by atoms with E-state index in [2.05, 4.69) is 26.6 Å². The van der Waals surface area contributed by atoms with Crippen LogP contribution >= 0.6 is 0 Å². The first kappa shape index (κ1) is 38.4. The Morgan fingerprint density at radius 2 is 1.19 bits per heavy atom. The summed E-state index contributed by atoms with van der Waals surface area (Å²) < 4.78 is 0. The van der Waals surface area contributed by atoms with Crippen LogP contribution in [0.3, 0.4) is 0 Å². The van der Waals surface area contributed by atoms with Crippen LogP contribution in [0.1, 0.15) is 25.7 Å². The van der Waals surface area contributed by atoms with Crippen molar-refractivity contribution in [2.75, 3.05) is 32.9 Å². The summed E-state index contributed by atoms with van der Waals surface area (Å²) >= 11 is 0. The molecule has 43 heavy (non-hydrogen) atoms. The van der Waals surface area contributed by atoms with E-state index in [9.17, 15) is 43.8 Å². The third-order valence-electron chi connectivity index (χ3n) is 5.53. The summed E-state index contributed by atoms with van der Waals surface area (Å²) in [5, 5.41) is 57.4. The molecule has 0 spiro atoms. The lowest BCUT2D eigenvalue weighted by molar-refractivity contribution is -0.143. The number of aliphatic hydroxyl groups excluding tert-OH is 3. The Morgan fingerprint density at radius 3 is 1.70 bits per heavy atom. The molecule has 0 unspecified atom stereocenters. The number of nitrogens with one attached hydrogen (secondary N) is 7. The molecule has 0 fully saturated rings. The largest absolute Gasteiger partial charge is 0.480 e. The number of nitrogens with two attached hydrogens (primary N) is 3. The lowest BCUT2D eigenvalue weighted by atomic mass is 10.1. The summed E-state index contributed by atoms with van der Waals surface area (Å²) in [6.45, 7) is -3.47. The predicted octanol–water partition coefficient (Wildman–Crippen LogP) is -8.04. The number of rotatable bonds is 21. The summed E-state index contributed by atoms with van der Waals surface area (Å²) in [5.41, 5.74) is 15.9. The third kappa shape index (κ3) is 15.8. The summed E-state index contributed by atoms with van der Waals surface area (Å²) in [4.78, 5) is 84.1. The average Bonchev–Trinajstić information content (AvgIpc) is 2.95. The van der Waals surface area contributed by atoms with E-state index in [0.29, 0.717) is 0 Å². The number of guanidine groups is 1. The highest BCUT2D eigenvalue weighted by molar-refractivity contribution is 5.95. The van der Waals surface area contributed by atoms with Crippen LogP contribution in [-0.2, 0) is 33.6 Å². The molecule has 0 aromatic heterocycles. The van der Waals surface area contributed by atoms with Crippen LogP contribution in [-0.4, -0.2) is 131 Å². The van der Waals surface area contributed by atoms with E-state index in [-0.39, 0.29) is 38.2 Å². The number of aliphatic hydroxyl groups is 3. The Labute approximate surface area is 245 Å². The quantitative estimate of drug-likeness (QED) is 0.0322. The SMILES string of the molecule is N=C(N)NCCC[C@H](NC(=O)[C@H](CO)NC(=O)[C@@H](N)CCC(N)=O)C(=O)N[C@@H](CO)C(=O)NCC(=O)N[C@@H](CO)C(=O)O. The fourth-order valence-electron chi connectivity index (χ4n) is 3.16. The molecular formula is C22H40N10O11. The van der Waals surface area contributed by atoms with E-state index >= 15 is 0 Å². The molecule has 0 saturated heterocycles. The Bertz CT molecular complexity index is 1010. The van der Waals surface area contributed by atoms with Gasteiger partial charge in [0.2, 0.25) is 35.4 Å². The third-order valence-corrected chi connectivity index (χ3v) is 5.53. The summed E-state index contributed by atoms with van der Waals surface area (Å²) in [6, 6.07) is -7.50. The lowest BCUT2D eigenvalue weighted by Gasteiger charge is -2.25. The van der Waals surface area contributed by atoms with E-state index in [1.54, 1.807) is 0 Å². The fourth-order valence-corrected chi connectivity index (χ4v) is 3.16. The van der Waals surface area contributed by atoms with Crippen LogP contribution < -0.4 is 49.1 Å². The molecule has 244 valence electrons. The molecule has 0 saturated carbocycles. The lowest BCUT2D eigenvalue weighted by Crippen LogP contribution is -2.59. The average molecular weight is 621 g/mol. The second-order valence-electron chi connectivity index (χ2n) is 9.00. The van der Waals surface area contributed by atoms with Crippen LogP contribution in [0, 0.1) is 5.41 Å². The van der Waals surface area contributed by atoms with Crippen LogP contribution in [0.15, 0.2) is 0 Å². The van der Waals surface area contributed by atoms with Crippen molar-refractivity contribution in [3.8, 4) is 0 Å². The first-order valence-electron chi connectivity index (χ1n) is 12.8. The zero-order chi connectivity index (χ0) is 33.1.